The fourth-order valence-electron chi connectivity index (χ4n) is 2.41. The summed E-state index contributed by atoms with van der Waals surface area (Å²) in [4.78, 5) is 34.6. The largest absolute Gasteiger partial charge is 0.480 e. The number of benzene rings is 1. The average Bonchev–Trinajstić information content (AvgIpc) is 2.90. The monoisotopic (exact) mass is 377 g/mol. The minimum absolute atomic E-state index is 0.0559. The van der Waals surface area contributed by atoms with Gasteiger partial charge >= 0.3 is 11.9 Å². The zero-order valence-electron chi connectivity index (χ0n) is 14.4. The first-order chi connectivity index (χ1) is 12.3. The van der Waals surface area contributed by atoms with Gasteiger partial charge in [-0.1, -0.05) is 19.1 Å². The van der Waals surface area contributed by atoms with Crippen molar-refractivity contribution in [1.29, 1.82) is 0 Å². The molecule has 0 atom stereocenters. The summed E-state index contributed by atoms with van der Waals surface area (Å²) in [7, 11) is 0. The number of thiophene rings is 1. The topological polar surface area (TPSA) is 113 Å². The third-order valence-corrected chi connectivity index (χ3v) is 4.82. The Morgan fingerprint density at radius 3 is 2.58 bits per heavy atom. The van der Waals surface area contributed by atoms with Crippen molar-refractivity contribution in [3.05, 3.63) is 34.7 Å². The van der Waals surface area contributed by atoms with Crippen molar-refractivity contribution in [2.75, 3.05) is 11.9 Å². The zero-order chi connectivity index (χ0) is 19.3. The highest BCUT2D eigenvalue weighted by molar-refractivity contribution is 7.18. The molecule has 0 unspecified atom stereocenters. The zero-order valence-corrected chi connectivity index (χ0v) is 15.2. The van der Waals surface area contributed by atoms with Crippen LogP contribution in [0.2, 0.25) is 0 Å². The maximum Gasteiger partial charge on any atom is 0.349 e. The smallest absolute Gasteiger partial charge is 0.349 e. The second kappa shape index (κ2) is 8.48. The van der Waals surface area contributed by atoms with E-state index in [2.05, 4.69) is 5.32 Å². The van der Waals surface area contributed by atoms with Crippen LogP contribution in [0, 0.1) is 6.92 Å². The summed E-state index contributed by atoms with van der Waals surface area (Å²) in [6.45, 7) is 2.97. The molecule has 0 spiro atoms. The van der Waals surface area contributed by atoms with Crippen molar-refractivity contribution in [3.63, 3.8) is 0 Å². The third kappa shape index (κ3) is 4.60. The van der Waals surface area contributed by atoms with E-state index < -0.39 is 18.5 Å². The van der Waals surface area contributed by atoms with Crippen molar-refractivity contribution in [2.24, 2.45) is 0 Å². The molecule has 0 aliphatic heterocycles. The molecule has 26 heavy (non-hydrogen) atoms. The second-order valence-corrected chi connectivity index (χ2v) is 6.60. The van der Waals surface area contributed by atoms with Crippen molar-refractivity contribution in [2.45, 2.75) is 26.7 Å². The Bertz CT molecular complexity index is 842. The summed E-state index contributed by atoms with van der Waals surface area (Å²) >= 11 is 1.01. The first kappa shape index (κ1) is 19.5. The van der Waals surface area contributed by atoms with Gasteiger partial charge in [0.2, 0.25) is 5.91 Å². The molecule has 1 aromatic carbocycles. The van der Waals surface area contributed by atoms with Crippen LogP contribution in [0.25, 0.3) is 10.4 Å². The van der Waals surface area contributed by atoms with Gasteiger partial charge in [0.15, 0.2) is 11.5 Å². The Hall–Kier alpha value is -2.87. The van der Waals surface area contributed by atoms with E-state index in [-0.39, 0.29) is 16.5 Å². The van der Waals surface area contributed by atoms with Gasteiger partial charge in [-0.2, -0.15) is 0 Å². The second-order valence-electron chi connectivity index (χ2n) is 5.58. The Morgan fingerprint density at radius 2 is 1.96 bits per heavy atom. The molecule has 0 saturated carbocycles. The number of rotatable bonds is 8. The van der Waals surface area contributed by atoms with Gasteiger partial charge in [0.05, 0.1) is 0 Å². The van der Waals surface area contributed by atoms with E-state index in [0.29, 0.717) is 22.5 Å². The standard InChI is InChI=1S/C18H19NO6S/c1-3-5-13(20)19-12-7-4-6-11(8-12)16-10(2)15(25-9-14(21)22)17(26-16)18(23)24/h4,6-8H,3,5,9H2,1-2H3,(H,19,20)(H,21,22)(H,23,24). The van der Waals surface area contributed by atoms with Gasteiger partial charge in [-0.15, -0.1) is 11.3 Å². The van der Waals surface area contributed by atoms with Crippen LogP contribution in [0.4, 0.5) is 5.69 Å². The van der Waals surface area contributed by atoms with E-state index >= 15 is 0 Å². The number of ether oxygens (including phenoxy) is 1. The minimum atomic E-state index is -1.19. The molecule has 2 rings (SSSR count). The number of carbonyl (C=O) groups excluding carboxylic acids is 1. The lowest BCUT2D eigenvalue weighted by Gasteiger charge is -2.07. The van der Waals surface area contributed by atoms with E-state index in [0.717, 1.165) is 23.3 Å². The van der Waals surface area contributed by atoms with Gasteiger partial charge in [-0.25, -0.2) is 9.59 Å². The normalized spacial score (nSPS) is 10.4. The predicted octanol–water partition coefficient (Wildman–Crippen LogP) is 3.62. The third-order valence-electron chi connectivity index (χ3n) is 3.51. The lowest BCUT2D eigenvalue weighted by Crippen LogP contribution is -2.11. The van der Waals surface area contributed by atoms with Crippen LogP contribution < -0.4 is 10.1 Å². The fraction of sp³-hybridized carbons (Fsp3) is 0.278. The van der Waals surface area contributed by atoms with Gasteiger partial charge in [0, 0.05) is 22.5 Å². The number of amides is 1. The van der Waals surface area contributed by atoms with Crippen molar-refractivity contribution < 1.29 is 29.3 Å². The van der Waals surface area contributed by atoms with Crippen molar-refractivity contribution >= 4 is 34.9 Å². The summed E-state index contributed by atoms with van der Waals surface area (Å²) in [6.07, 6.45) is 1.15. The van der Waals surface area contributed by atoms with Gasteiger partial charge in [0.1, 0.15) is 5.75 Å². The molecular formula is C18H19NO6S. The Balaban J connectivity index is 2.39. The molecule has 138 valence electrons. The quantitative estimate of drug-likeness (QED) is 0.647. The molecule has 0 saturated heterocycles. The molecule has 1 aromatic heterocycles. The maximum atomic E-state index is 11.8. The van der Waals surface area contributed by atoms with E-state index in [1.165, 1.54) is 0 Å². The summed E-state index contributed by atoms with van der Waals surface area (Å²) in [5, 5.41) is 20.9. The Morgan fingerprint density at radius 1 is 1.23 bits per heavy atom. The van der Waals surface area contributed by atoms with Crippen LogP contribution in [-0.4, -0.2) is 34.7 Å². The molecule has 0 fully saturated rings. The number of nitrogens with one attached hydrogen (secondary N) is 1. The van der Waals surface area contributed by atoms with Crippen LogP contribution in [0.5, 0.6) is 5.75 Å². The number of aliphatic carboxylic acids is 1. The van der Waals surface area contributed by atoms with Crippen molar-refractivity contribution in [1.82, 2.24) is 0 Å². The number of hydrogen-bond acceptors (Lipinski definition) is 5. The molecule has 8 heteroatoms. The number of carboxylic acids is 2. The number of aromatic carboxylic acids is 1. The molecule has 7 nitrogen and oxygen atoms in total. The summed E-state index contributed by atoms with van der Waals surface area (Å²) in [5.41, 5.74) is 1.87. The molecule has 1 heterocycles. The first-order valence-electron chi connectivity index (χ1n) is 7.95. The highest BCUT2D eigenvalue weighted by Crippen LogP contribution is 2.41. The summed E-state index contributed by atoms with van der Waals surface area (Å²) in [5.74, 6) is -2.41. The molecule has 1 amide bonds. The lowest BCUT2D eigenvalue weighted by atomic mass is 10.1. The van der Waals surface area contributed by atoms with Crippen LogP contribution in [-0.2, 0) is 9.59 Å². The van der Waals surface area contributed by atoms with Crippen LogP contribution in [0.1, 0.15) is 35.0 Å². The van der Waals surface area contributed by atoms with Crippen LogP contribution in [0.3, 0.4) is 0 Å². The number of anilines is 1. The Kier molecular flexibility index (Phi) is 6.35. The predicted molar refractivity (Wildman–Crippen MR) is 98.1 cm³/mol. The number of carboxylic acid groups (broad SMARTS) is 2. The SMILES string of the molecule is CCCC(=O)Nc1cccc(-c2sc(C(=O)O)c(OCC(=O)O)c2C)c1. The molecule has 3 N–H and O–H groups in total. The summed E-state index contributed by atoms with van der Waals surface area (Å²) < 4.78 is 5.18. The maximum absolute atomic E-state index is 11.8. The molecule has 0 aliphatic carbocycles. The first-order valence-corrected chi connectivity index (χ1v) is 8.76. The number of hydrogen-bond donors (Lipinski definition) is 3. The van der Waals surface area contributed by atoms with E-state index in [9.17, 15) is 19.5 Å². The van der Waals surface area contributed by atoms with E-state index in [1.54, 1.807) is 31.2 Å². The van der Waals surface area contributed by atoms with E-state index in [1.807, 2.05) is 6.92 Å². The molecule has 0 aliphatic rings. The Labute approximate surface area is 154 Å². The van der Waals surface area contributed by atoms with Crippen LogP contribution in [0.15, 0.2) is 24.3 Å². The highest BCUT2D eigenvalue weighted by atomic mass is 32.1. The fourth-order valence-corrected chi connectivity index (χ4v) is 3.50. The van der Waals surface area contributed by atoms with E-state index in [4.69, 9.17) is 9.84 Å². The molecule has 0 bridgehead atoms. The van der Waals surface area contributed by atoms with Gasteiger partial charge < -0.3 is 20.3 Å². The van der Waals surface area contributed by atoms with Gasteiger partial charge in [-0.05, 0) is 31.0 Å². The molecular weight excluding hydrogens is 358 g/mol. The van der Waals surface area contributed by atoms with Crippen molar-refractivity contribution in [3.8, 4) is 16.2 Å². The lowest BCUT2D eigenvalue weighted by molar-refractivity contribution is -0.139. The average molecular weight is 377 g/mol. The molecule has 2 aromatic rings. The van der Waals surface area contributed by atoms with Gasteiger partial charge in [-0.3, -0.25) is 4.79 Å². The van der Waals surface area contributed by atoms with Gasteiger partial charge in [0.25, 0.3) is 0 Å². The highest BCUT2D eigenvalue weighted by Gasteiger charge is 2.23. The minimum Gasteiger partial charge on any atom is -0.480 e. The summed E-state index contributed by atoms with van der Waals surface area (Å²) in [6, 6.07) is 7.05. The molecule has 0 radical (unpaired) electrons. The van der Waals surface area contributed by atoms with Crippen LogP contribution >= 0.6 is 11.3 Å². The number of carbonyl (C=O) groups is 3.